The van der Waals surface area contributed by atoms with Gasteiger partial charge in [-0.05, 0) is 33.6 Å². The van der Waals surface area contributed by atoms with Crippen molar-refractivity contribution in [2.24, 2.45) is 11.7 Å². The van der Waals surface area contributed by atoms with Crippen LogP contribution in [-0.2, 0) is 9.53 Å². The normalized spacial score (nSPS) is 28.2. The molecule has 1 saturated heterocycles. The van der Waals surface area contributed by atoms with Gasteiger partial charge in [-0.15, -0.1) is 0 Å². The van der Waals surface area contributed by atoms with Gasteiger partial charge in [0.05, 0.1) is 5.57 Å². The van der Waals surface area contributed by atoms with Crippen molar-refractivity contribution in [3.63, 3.8) is 0 Å². The lowest BCUT2D eigenvalue weighted by Gasteiger charge is -2.43. The van der Waals surface area contributed by atoms with E-state index in [0.717, 1.165) is 0 Å². The van der Waals surface area contributed by atoms with Crippen LogP contribution in [0.2, 0.25) is 0 Å². The molecule has 12 heteroatoms. The Morgan fingerprint density at radius 3 is 2.31 bits per heavy atom. The fraction of sp³-hybridized carbons (Fsp3) is 0.765. The first-order chi connectivity index (χ1) is 13.1. The summed E-state index contributed by atoms with van der Waals surface area (Å²) in [7, 11) is 0. The number of piperidine rings is 1. The molecule has 0 saturated carbocycles. The lowest BCUT2D eigenvalue weighted by Crippen LogP contribution is -2.75. The van der Waals surface area contributed by atoms with Crippen LogP contribution >= 0.6 is 0 Å². The molecule has 2 heterocycles. The van der Waals surface area contributed by atoms with Crippen LogP contribution in [0.1, 0.15) is 33.6 Å². The summed E-state index contributed by atoms with van der Waals surface area (Å²) >= 11 is 0. The Hall–Kier alpha value is -2.05. The summed E-state index contributed by atoms with van der Waals surface area (Å²) in [5.41, 5.74) is 4.06. The number of quaternary nitrogens is 1. The minimum absolute atomic E-state index is 0.220. The van der Waals surface area contributed by atoms with Gasteiger partial charge in [-0.3, -0.25) is 4.79 Å². The monoisotopic (exact) mass is 425 g/mol. The zero-order chi connectivity index (χ0) is 22.4. The third-order valence-corrected chi connectivity index (χ3v) is 5.17. The van der Waals surface area contributed by atoms with E-state index in [1.807, 2.05) is 5.32 Å². The number of ether oxygens (including phenoxy) is 1. The molecule has 3 atom stereocenters. The highest BCUT2D eigenvalue weighted by Gasteiger charge is 2.67. The van der Waals surface area contributed by atoms with Crippen molar-refractivity contribution in [1.29, 1.82) is 0 Å². The minimum atomic E-state index is -5.35. The second kappa shape index (κ2) is 7.65. The summed E-state index contributed by atoms with van der Waals surface area (Å²) in [5.74, 6) is -2.59. The van der Waals surface area contributed by atoms with Gasteiger partial charge >= 0.3 is 12.3 Å². The number of rotatable bonds is 2. The summed E-state index contributed by atoms with van der Waals surface area (Å²) in [6, 6.07) is -1.15. The molecule has 3 unspecified atom stereocenters. The predicted octanol–water partition coefficient (Wildman–Crippen LogP) is -0.802. The van der Waals surface area contributed by atoms with Crippen LogP contribution in [0.15, 0.2) is 11.4 Å². The van der Waals surface area contributed by atoms with E-state index in [0.29, 0.717) is 0 Å². The first-order valence-electron chi connectivity index (χ1n) is 9.18. The van der Waals surface area contributed by atoms with Crippen LogP contribution in [0.3, 0.4) is 0 Å². The Labute approximate surface area is 165 Å². The van der Waals surface area contributed by atoms with Gasteiger partial charge in [-0.25, -0.2) is 4.79 Å². The van der Waals surface area contributed by atoms with E-state index < -0.39 is 58.8 Å². The Bertz CT molecular complexity index is 698. The third kappa shape index (κ3) is 4.43. The van der Waals surface area contributed by atoms with Crippen LogP contribution in [0, 0.1) is 5.92 Å². The van der Waals surface area contributed by atoms with E-state index in [4.69, 9.17) is 10.5 Å². The average molecular weight is 425 g/mol. The summed E-state index contributed by atoms with van der Waals surface area (Å²) in [4.78, 5) is 25.2. The lowest BCUT2D eigenvalue weighted by atomic mass is 9.74. The molecule has 0 aliphatic carbocycles. The zero-order valence-electron chi connectivity index (χ0n) is 16.5. The highest BCUT2D eigenvalue weighted by Crippen LogP contribution is 2.43. The fourth-order valence-corrected chi connectivity index (χ4v) is 3.65. The number of alkyl halides is 3. The SMILES string of the molecule is CC(C)(C)OC(=O)N1CCC(C([NH3+])C2=C(N)NC(=O)C(O)C2(O)C(F)(F)F)CC1. The highest BCUT2D eigenvalue weighted by molar-refractivity contribution is 5.86. The second-order valence-electron chi connectivity index (χ2n) is 8.39. The molecular formula is C17H28F3N4O5+. The second-order valence-corrected chi connectivity index (χ2v) is 8.39. The molecule has 0 aromatic carbocycles. The zero-order valence-corrected chi connectivity index (χ0v) is 16.5. The van der Waals surface area contributed by atoms with Crippen molar-refractivity contribution in [3.8, 4) is 0 Å². The Morgan fingerprint density at radius 2 is 1.86 bits per heavy atom. The Morgan fingerprint density at radius 1 is 1.34 bits per heavy atom. The topological polar surface area (TPSA) is 153 Å². The summed E-state index contributed by atoms with van der Waals surface area (Å²) in [6.07, 6.45) is -8.08. The minimum Gasteiger partial charge on any atom is -0.444 e. The van der Waals surface area contributed by atoms with Crippen molar-refractivity contribution < 1.29 is 43.4 Å². The molecule has 9 nitrogen and oxygen atoms in total. The van der Waals surface area contributed by atoms with Crippen LogP contribution in [-0.4, -0.2) is 69.7 Å². The van der Waals surface area contributed by atoms with Crippen LogP contribution < -0.4 is 16.8 Å². The van der Waals surface area contributed by atoms with Gasteiger partial charge in [0.25, 0.3) is 5.91 Å². The molecule has 29 heavy (non-hydrogen) atoms. The van der Waals surface area contributed by atoms with Crippen molar-refractivity contribution in [1.82, 2.24) is 10.2 Å². The molecule has 0 radical (unpaired) electrons. The molecule has 2 aliphatic heterocycles. The molecule has 8 N–H and O–H groups in total. The molecule has 0 aromatic heterocycles. The number of hydrogen-bond donors (Lipinski definition) is 5. The molecule has 0 spiro atoms. The smallest absolute Gasteiger partial charge is 0.424 e. The van der Waals surface area contributed by atoms with Gasteiger partial charge in [0.15, 0.2) is 6.10 Å². The number of hydrogen-bond acceptors (Lipinski definition) is 6. The number of amides is 2. The third-order valence-electron chi connectivity index (χ3n) is 5.17. The number of carbonyl (C=O) groups excluding carboxylic acids is 2. The fourth-order valence-electron chi connectivity index (χ4n) is 3.65. The molecule has 2 aliphatic rings. The standard InChI is InChI=1S/C17H27F3N4O5/c1-15(2,3)29-14(27)24-6-4-8(5-7-24)10(21)9-12(22)23-13(26)11(25)16(9,28)17(18,19)20/h8,10-11,25,28H,4-7,21-22H2,1-3H3,(H,23,26)/p+1. The molecule has 0 bridgehead atoms. The molecule has 0 aromatic rings. The Kier molecular flexibility index (Phi) is 6.13. The van der Waals surface area contributed by atoms with Crippen molar-refractivity contribution in [2.75, 3.05) is 13.1 Å². The Balaban J connectivity index is 2.21. The van der Waals surface area contributed by atoms with Crippen LogP contribution in [0.5, 0.6) is 0 Å². The van der Waals surface area contributed by atoms with Gasteiger partial charge in [0.2, 0.25) is 5.60 Å². The van der Waals surface area contributed by atoms with E-state index in [2.05, 4.69) is 5.73 Å². The van der Waals surface area contributed by atoms with E-state index in [-0.39, 0.29) is 25.9 Å². The molecule has 2 amide bonds. The number of halogens is 3. The molecule has 1 fully saturated rings. The number of nitrogens with one attached hydrogen (secondary N) is 1. The highest BCUT2D eigenvalue weighted by atomic mass is 19.4. The van der Waals surface area contributed by atoms with Gasteiger partial charge < -0.3 is 36.6 Å². The van der Waals surface area contributed by atoms with E-state index in [9.17, 15) is 33.0 Å². The number of aliphatic hydroxyl groups excluding tert-OH is 1. The first kappa shape index (κ1) is 23.2. The summed E-state index contributed by atoms with van der Waals surface area (Å²) in [6.45, 7) is 5.61. The summed E-state index contributed by atoms with van der Waals surface area (Å²) < 4.78 is 46.2. The average Bonchev–Trinajstić information content (AvgIpc) is 2.57. The van der Waals surface area contributed by atoms with Gasteiger partial charge in [-0.2, -0.15) is 13.2 Å². The quantitative estimate of drug-likeness (QED) is 0.390. The maximum absolute atomic E-state index is 13.6. The number of carbonyl (C=O) groups is 2. The van der Waals surface area contributed by atoms with Crippen molar-refractivity contribution in [3.05, 3.63) is 11.4 Å². The van der Waals surface area contributed by atoms with E-state index in [1.54, 1.807) is 20.8 Å². The van der Waals surface area contributed by atoms with Gasteiger partial charge in [0.1, 0.15) is 17.5 Å². The van der Waals surface area contributed by atoms with Crippen LogP contribution in [0.25, 0.3) is 0 Å². The lowest BCUT2D eigenvalue weighted by molar-refractivity contribution is -0.430. The largest absolute Gasteiger partial charge is 0.444 e. The van der Waals surface area contributed by atoms with Crippen molar-refractivity contribution >= 4 is 12.0 Å². The van der Waals surface area contributed by atoms with Gasteiger partial charge in [-0.1, -0.05) is 0 Å². The number of aliphatic hydroxyl groups is 2. The number of nitrogens with two attached hydrogens (primary N) is 1. The number of nitrogens with zero attached hydrogens (tertiary/aromatic N) is 1. The molecular weight excluding hydrogens is 397 g/mol. The predicted molar refractivity (Wildman–Crippen MR) is 93.6 cm³/mol. The van der Waals surface area contributed by atoms with Crippen LogP contribution in [0.4, 0.5) is 18.0 Å². The molecule has 2 rings (SSSR count). The maximum Gasteiger partial charge on any atom is 0.424 e. The van der Waals surface area contributed by atoms with E-state index in [1.165, 1.54) is 4.90 Å². The first-order valence-corrected chi connectivity index (χ1v) is 9.18. The van der Waals surface area contributed by atoms with Gasteiger partial charge in [0, 0.05) is 19.0 Å². The molecule has 166 valence electrons. The van der Waals surface area contributed by atoms with E-state index >= 15 is 0 Å². The summed E-state index contributed by atoms with van der Waals surface area (Å²) in [5, 5.41) is 22.1. The maximum atomic E-state index is 13.6. The van der Waals surface area contributed by atoms with Crippen molar-refractivity contribution in [2.45, 2.75) is 63.1 Å². The number of likely N-dealkylation sites (tertiary alicyclic amines) is 1.